The van der Waals surface area contributed by atoms with E-state index < -0.39 is 0 Å². The molecule has 0 radical (unpaired) electrons. The molecule has 0 bridgehead atoms. The second-order valence-electron chi connectivity index (χ2n) is 5.97. The number of methoxy groups -OCH3 is 1. The first-order chi connectivity index (χ1) is 13.6. The molecule has 2 rings (SSSR count). The molecular weight excluding hydrogens is 356 g/mol. The zero-order chi connectivity index (χ0) is 20.4. The number of rotatable bonds is 9. The van der Waals surface area contributed by atoms with Crippen LogP contribution in [-0.2, 0) is 16.1 Å². The fraction of sp³-hybridized carbons (Fsp3) is 0.273. The number of benzene rings is 2. The molecule has 6 nitrogen and oxygen atoms in total. The highest BCUT2D eigenvalue weighted by molar-refractivity contribution is 6.45. The average Bonchev–Trinajstić information content (AvgIpc) is 2.71. The minimum absolute atomic E-state index is 0.173. The average molecular weight is 380 g/mol. The van der Waals surface area contributed by atoms with Crippen LogP contribution in [0.1, 0.15) is 16.7 Å². The molecule has 146 valence electrons. The summed E-state index contributed by atoms with van der Waals surface area (Å²) in [7, 11) is 2.98. The van der Waals surface area contributed by atoms with E-state index in [-0.39, 0.29) is 18.2 Å². The summed E-state index contributed by atoms with van der Waals surface area (Å²) in [5, 5.41) is 6.74. The van der Waals surface area contributed by atoms with Crippen LogP contribution in [0.4, 0.5) is 0 Å². The lowest BCUT2D eigenvalue weighted by Gasteiger charge is -2.11. The maximum absolute atomic E-state index is 12.5. The predicted octanol–water partition coefficient (Wildman–Crippen LogP) is 2.73. The molecule has 0 saturated heterocycles. The highest BCUT2D eigenvalue weighted by atomic mass is 16.6. The minimum atomic E-state index is -0.299. The van der Waals surface area contributed by atoms with Gasteiger partial charge in [0.1, 0.15) is 13.7 Å². The molecule has 1 amide bonds. The molecule has 6 heteroatoms. The number of hydrogen-bond acceptors (Lipinski definition) is 5. The number of amides is 1. The number of hydrogen-bond donors (Lipinski definition) is 1. The molecule has 0 atom stereocenters. The van der Waals surface area contributed by atoms with Crippen LogP contribution in [0.5, 0.6) is 11.5 Å². The fourth-order valence-corrected chi connectivity index (χ4v) is 2.54. The van der Waals surface area contributed by atoms with Crippen molar-refractivity contribution in [1.82, 2.24) is 5.32 Å². The molecular formula is C22H24N2O4. The number of oxime groups is 1. The van der Waals surface area contributed by atoms with Gasteiger partial charge in [-0.3, -0.25) is 4.79 Å². The van der Waals surface area contributed by atoms with E-state index in [4.69, 9.17) is 20.7 Å². The van der Waals surface area contributed by atoms with Gasteiger partial charge in [-0.1, -0.05) is 47.0 Å². The maximum Gasteiger partial charge on any atom is 0.273 e. The number of nitrogens with one attached hydrogen (secondary N) is 1. The molecule has 0 saturated carbocycles. The third kappa shape index (κ3) is 5.78. The van der Waals surface area contributed by atoms with E-state index in [0.717, 1.165) is 11.1 Å². The van der Waals surface area contributed by atoms with Crippen molar-refractivity contribution in [3.8, 4) is 23.8 Å². The van der Waals surface area contributed by atoms with Gasteiger partial charge in [0.25, 0.3) is 5.91 Å². The summed E-state index contributed by atoms with van der Waals surface area (Å²) in [4.78, 5) is 17.4. The van der Waals surface area contributed by atoms with E-state index in [1.54, 1.807) is 13.2 Å². The van der Waals surface area contributed by atoms with Crippen molar-refractivity contribution in [1.29, 1.82) is 0 Å². The van der Waals surface area contributed by atoms with Crippen LogP contribution in [0.25, 0.3) is 0 Å². The van der Waals surface area contributed by atoms with Crippen molar-refractivity contribution in [2.45, 2.75) is 13.3 Å². The van der Waals surface area contributed by atoms with Crippen LogP contribution in [-0.4, -0.2) is 39.0 Å². The van der Waals surface area contributed by atoms with Crippen LogP contribution in [0, 0.1) is 19.3 Å². The first-order valence-corrected chi connectivity index (χ1v) is 8.78. The number of aryl methyl sites for hydroxylation is 1. The van der Waals surface area contributed by atoms with Crippen molar-refractivity contribution in [3.63, 3.8) is 0 Å². The molecule has 0 aliphatic heterocycles. The largest absolute Gasteiger partial charge is 0.493 e. The summed E-state index contributed by atoms with van der Waals surface area (Å²) < 4.78 is 10.8. The van der Waals surface area contributed by atoms with E-state index in [1.807, 2.05) is 43.3 Å². The Morgan fingerprint density at radius 2 is 1.89 bits per heavy atom. The van der Waals surface area contributed by atoms with E-state index >= 15 is 0 Å². The Hall–Kier alpha value is -3.46. The van der Waals surface area contributed by atoms with Crippen LogP contribution >= 0.6 is 0 Å². The fourth-order valence-electron chi connectivity index (χ4n) is 2.54. The Morgan fingerprint density at radius 1 is 1.14 bits per heavy atom. The second-order valence-corrected chi connectivity index (χ2v) is 5.97. The highest BCUT2D eigenvalue weighted by Crippen LogP contribution is 2.28. The number of terminal acetylenes is 1. The van der Waals surface area contributed by atoms with Gasteiger partial charge < -0.3 is 19.6 Å². The van der Waals surface area contributed by atoms with Crippen molar-refractivity contribution in [2.24, 2.45) is 5.16 Å². The van der Waals surface area contributed by atoms with Crippen LogP contribution in [0.2, 0.25) is 0 Å². The molecule has 0 aromatic heterocycles. The SMILES string of the molecule is C#CCOc1ccc(CCNC(=O)/C(=N\OC)c2ccc(C)cc2)cc1OC. The molecule has 2 aromatic rings. The van der Waals surface area contributed by atoms with Gasteiger partial charge in [-0.25, -0.2) is 0 Å². The summed E-state index contributed by atoms with van der Waals surface area (Å²) in [6, 6.07) is 13.1. The van der Waals surface area contributed by atoms with E-state index in [1.165, 1.54) is 7.11 Å². The highest BCUT2D eigenvalue weighted by Gasteiger charge is 2.15. The third-order valence-corrected chi connectivity index (χ3v) is 3.96. The van der Waals surface area contributed by atoms with Crippen LogP contribution in [0.3, 0.4) is 0 Å². The lowest BCUT2D eigenvalue weighted by atomic mass is 10.1. The lowest BCUT2D eigenvalue weighted by Crippen LogP contribution is -2.33. The smallest absolute Gasteiger partial charge is 0.273 e. The molecule has 0 unspecified atom stereocenters. The van der Waals surface area contributed by atoms with E-state index in [2.05, 4.69) is 16.4 Å². The second kappa shape index (κ2) is 10.6. The molecule has 0 spiro atoms. The third-order valence-electron chi connectivity index (χ3n) is 3.96. The number of nitrogens with zero attached hydrogens (tertiary/aromatic N) is 1. The topological polar surface area (TPSA) is 69.2 Å². The van der Waals surface area contributed by atoms with Crippen molar-refractivity contribution in [3.05, 3.63) is 59.2 Å². The van der Waals surface area contributed by atoms with Gasteiger partial charge in [-0.2, -0.15) is 0 Å². The van der Waals surface area contributed by atoms with Crippen molar-refractivity contribution >= 4 is 11.6 Å². The van der Waals surface area contributed by atoms with Gasteiger partial charge in [-0.05, 0) is 31.0 Å². The number of ether oxygens (including phenoxy) is 2. The summed E-state index contributed by atoms with van der Waals surface area (Å²) in [5.41, 5.74) is 3.02. The van der Waals surface area contributed by atoms with Gasteiger partial charge in [0, 0.05) is 12.1 Å². The zero-order valence-corrected chi connectivity index (χ0v) is 16.3. The molecule has 2 aromatic carbocycles. The van der Waals surface area contributed by atoms with Crippen LogP contribution in [0.15, 0.2) is 47.6 Å². The summed E-state index contributed by atoms with van der Waals surface area (Å²) in [5.74, 6) is 3.30. The molecule has 0 aliphatic rings. The number of carbonyl (C=O) groups excluding carboxylic acids is 1. The van der Waals surface area contributed by atoms with Gasteiger partial charge >= 0.3 is 0 Å². The maximum atomic E-state index is 12.5. The minimum Gasteiger partial charge on any atom is -0.493 e. The molecule has 0 fully saturated rings. The normalized spacial score (nSPS) is 10.7. The first kappa shape index (κ1) is 20.8. The van der Waals surface area contributed by atoms with Crippen LogP contribution < -0.4 is 14.8 Å². The predicted molar refractivity (Wildman–Crippen MR) is 109 cm³/mol. The quantitative estimate of drug-likeness (QED) is 0.413. The molecule has 0 aliphatic carbocycles. The summed E-state index contributed by atoms with van der Waals surface area (Å²) >= 11 is 0. The van der Waals surface area contributed by atoms with Gasteiger partial charge in [0.05, 0.1) is 7.11 Å². The van der Waals surface area contributed by atoms with E-state index in [0.29, 0.717) is 30.0 Å². The summed E-state index contributed by atoms with van der Waals surface area (Å²) in [6.45, 7) is 2.58. The molecule has 1 N–H and O–H groups in total. The van der Waals surface area contributed by atoms with Gasteiger partial charge in [-0.15, -0.1) is 6.42 Å². The van der Waals surface area contributed by atoms with Gasteiger partial charge in [0.15, 0.2) is 17.2 Å². The summed E-state index contributed by atoms with van der Waals surface area (Å²) in [6.07, 6.45) is 5.83. The van der Waals surface area contributed by atoms with Crippen molar-refractivity contribution in [2.75, 3.05) is 27.4 Å². The van der Waals surface area contributed by atoms with Crippen molar-refractivity contribution < 1.29 is 19.1 Å². The van der Waals surface area contributed by atoms with Gasteiger partial charge in [0.2, 0.25) is 0 Å². The Morgan fingerprint density at radius 3 is 2.54 bits per heavy atom. The Bertz CT molecular complexity index is 867. The lowest BCUT2D eigenvalue weighted by molar-refractivity contribution is -0.114. The molecule has 28 heavy (non-hydrogen) atoms. The zero-order valence-electron chi connectivity index (χ0n) is 16.3. The Kier molecular flexibility index (Phi) is 7.92. The first-order valence-electron chi connectivity index (χ1n) is 8.78. The Labute approximate surface area is 165 Å². The number of carbonyl (C=O) groups is 1. The Balaban J connectivity index is 1.99. The standard InChI is InChI=1S/C22H24N2O4/c1-5-14-28-19-11-8-17(15-20(19)26-3)12-13-23-22(25)21(24-27-4)18-9-6-16(2)7-10-18/h1,6-11,15H,12-14H2,2-4H3,(H,23,25)/b24-21-. The van der Waals surface area contributed by atoms with E-state index in [9.17, 15) is 4.79 Å². The molecule has 0 heterocycles. The monoisotopic (exact) mass is 380 g/mol.